The second-order valence-corrected chi connectivity index (χ2v) is 4.45. The van der Waals surface area contributed by atoms with Crippen molar-refractivity contribution in [3.8, 4) is 5.75 Å². The van der Waals surface area contributed by atoms with Gasteiger partial charge in [-0.3, -0.25) is 0 Å². The summed E-state index contributed by atoms with van der Waals surface area (Å²) < 4.78 is 5.82. The molecule has 1 aromatic rings. The zero-order valence-corrected chi connectivity index (χ0v) is 11.7. The quantitative estimate of drug-likeness (QED) is 0.732. The molecule has 2 N–H and O–H groups in total. The lowest BCUT2D eigenvalue weighted by Gasteiger charge is -2.20. The number of unbranched alkanes of at least 4 members (excludes halogenated alkanes) is 1. The smallest absolute Gasteiger partial charge is 0.123 e. The highest BCUT2D eigenvalue weighted by Crippen LogP contribution is 2.16. The van der Waals surface area contributed by atoms with E-state index in [-0.39, 0.29) is 0 Å². The third-order valence-electron chi connectivity index (χ3n) is 3.13. The molecule has 0 unspecified atom stereocenters. The van der Waals surface area contributed by atoms with Crippen molar-refractivity contribution in [1.29, 1.82) is 0 Å². The van der Waals surface area contributed by atoms with E-state index in [9.17, 15) is 0 Å². The van der Waals surface area contributed by atoms with Crippen LogP contribution in [0.3, 0.4) is 0 Å². The van der Waals surface area contributed by atoms with Crippen molar-refractivity contribution < 1.29 is 4.74 Å². The van der Waals surface area contributed by atoms with E-state index in [1.54, 1.807) is 0 Å². The SMILES string of the molecule is CCCCN(CC)CCOc1ccccc1CN. The number of benzene rings is 1. The summed E-state index contributed by atoms with van der Waals surface area (Å²) in [4.78, 5) is 2.43. The molecule has 3 nitrogen and oxygen atoms in total. The van der Waals surface area contributed by atoms with Crippen molar-refractivity contribution in [3.05, 3.63) is 29.8 Å². The van der Waals surface area contributed by atoms with Gasteiger partial charge in [-0.15, -0.1) is 0 Å². The van der Waals surface area contributed by atoms with Gasteiger partial charge in [-0.05, 0) is 25.6 Å². The summed E-state index contributed by atoms with van der Waals surface area (Å²) in [5, 5.41) is 0. The standard InChI is InChI=1S/C15H26N2O/c1-3-5-10-17(4-2)11-12-18-15-9-7-6-8-14(15)13-16/h6-9H,3-5,10-13,16H2,1-2H3. The summed E-state index contributed by atoms with van der Waals surface area (Å²) in [5.41, 5.74) is 6.76. The fourth-order valence-corrected chi connectivity index (χ4v) is 1.91. The Kier molecular flexibility index (Phi) is 7.46. The lowest BCUT2D eigenvalue weighted by Crippen LogP contribution is -2.29. The lowest BCUT2D eigenvalue weighted by atomic mass is 10.2. The molecule has 1 aromatic carbocycles. The first-order chi connectivity index (χ1) is 8.81. The van der Waals surface area contributed by atoms with Gasteiger partial charge >= 0.3 is 0 Å². The zero-order valence-electron chi connectivity index (χ0n) is 11.7. The van der Waals surface area contributed by atoms with E-state index in [2.05, 4.69) is 18.7 Å². The maximum Gasteiger partial charge on any atom is 0.123 e. The van der Waals surface area contributed by atoms with Crippen molar-refractivity contribution >= 4 is 0 Å². The second-order valence-electron chi connectivity index (χ2n) is 4.45. The fraction of sp³-hybridized carbons (Fsp3) is 0.600. The maximum atomic E-state index is 5.82. The van der Waals surface area contributed by atoms with E-state index in [1.807, 2.05) is 24.3 Å². The number of ether oxygens (including phenoxy) is 1. The Hall–Kier alpha value is -1.06. The minimum atomic E-state index is 0.531. The first-order valence-electron chi connectivity index (χ1n) is 6.94. The summed E-state index contributed by atoms with van der Waals surface area (Å²) >= 11 is 0. The molecule has 0 aliphatic heterocycles. The highest BCUT2D eigenvalue weighted by atomic mass is 16.5. The third kappa shape index (κ3) is 5.07. The van der Waals surface area contributed by atoms with Gasteiger partial charge in [0.15, 0.2) is 0 Å². The van der Waals surface area contributed by atoms with Crippen molar-refractivity contribution in [2.45, 2.75) is 33.2 Å². The molecule has 0 fully saturated rings. The first kappa shape index (κ1) is 15.0. The number of rotatable bonds is 9. The Labute approximate surface area is 111 Å². The molecule has 0 saturated carbocycles. The number of hydrogen-bond donors (Lipinski definition) is 1. The molecule has 0 amide bonds. The van der Waals surface area contributed by atoms with Crippen molar-refractivity contribution in [2.24, 2.45) is 5.73 Å². The molecule has 1 rings (SSSR count). The van der Waals surface area contributed by atoms with Crippen LogP contribution in [0.4, 0.5) is 0 Å². The van der Waals surface area contributed by atoms with Crippen LogP contribution in [0.1, 0.15) is 32.3 Å². The molecule has 0 radical (unpaired) electrons. The Bertz CT molecular complexity index is 328. The lowest BCUT2D eigenvalue weighted by molar-refractivity contribution is 0.212. The van der Waals surface area contributed by atoms with Gasteiger partial charge in [0.2, 0.25) is 0 Å². The second kappa shape index (κ2) is 8.95. The molecule has 0 aliphatic rings. The Balaban J connectivity index is 2.35. The minimum absolute atomic E-state index is 0.531. The Morgan fingerprint density at radius 2 is 1.94 bits per heavy atom. The van der Waals surface area contributed by atoms with Crippen LogP contribution in [0.25, 0.3) is 0 Å². The van der Waals surface area contributed by atoms with Crippen LogP contribution in [0, 0.1) is 0 Å². The van der Waals surface area contributed by atoms with Crippen LogP contribution >= 0.6 is 0 Å². The molecule has 0 bridgehead atoms. The summed E-state index contributed by atoms with van der Waals surface area (Å²) in [6.45, 7) is 8.91. The molecular weight excluding hydrogens is 224 g/mol. The molecule has 0 heterocycles. The number of para-hydroxylation sites is 1. The zero-order chi connectivity index (χ0) is 13.2. The number of nitrogens with zero attached hydrogens (tertiary/aromatic N) is 1. The van der Waals surface area contributed by atoms with Crippen molar-refractivity contribution in [3.63, 3.8) is 0 Å². The molecule has 0 atom stereocenters. The summed E-state index contributed by atoms with van der Waals surface area (Å²) in [6, 6.07) is 7.99. The van der Waals surface area contributed by atoms with Gasteiger partial charge in [-0.25, -0.2) is 0 Å². The van der Waals surface area contributed by atoms with E-state index in [4.69, 9.17) is 10.5 Å². The van der Waals surface area contributed by atoms with E-state index in [0.29, 0.717) is 6.54 Å². The number of hydrogen-bond acceptors (Lipinski definition) is 3. The molecule has 102 valence electrons. The van der Waals surface area contributed by atoms with Gasteiger partial charge in [0.1, 0.15) is 12.4 Å². The highest BCUT2D eigenvalue weighted by Gasteiger charge is 2.04. The average molecular weight is 250 g/mol. The summed E-state index contributed by atoms with van der Waals surface area (Å²) in [7, 11) is 0. The average Bonchev–Trinajstić information content (AvgIpc) is 2.43. The van der Waals surface area contributed by atoms with E-state index < -0.39 is 0 Å². The maximum absolute atomic E-state index is 5.82. The topological polar surface area (TPSA) is 38.5 Å². The van der Waals surface area contributed by atoms with Crippen LogP contribution in [0.15, 0.2) is 24.3 Å². The van der Waals surface area contributed by atoms with Gasteiger partial charge in [0, 0.05) is 18.7 Å². The molecular formula is C15H26N2O. The molecule has 0 aromatic heterocycles. The van der Waals surface area contributed by atoms with E-state index in [1.165, 1.54) is 12.8 Å². The molecule has 0 aliphatic carbocycles. The molecule has 0 saturated heterocycles. The predicted molar refractivity (Wildman–Crippen MR) is 76.9 cm³/mol. The largest absolute Gasteiger partial charge is 0.492 e. The Morgan fingerprint density at radius 3 is 2.61 bits per heavy atom. The van der Waals surface area contributed by atoms with Gasteiger partial charge in [-0.2, -0.15) is 0 Å². The van der Waals surface area contributed by atoms with Crippen LogP contribution in [-0.2, 0) is 6.54 Å². The van der Waals surface area contributed by atoms with Gasteiger partial charge in [0.25, 0.3) is 0 Å². The van der Waals surface area contributed by atoms with E-state index >= 15 is 0 Å². The number of likely N-dealkylation sites (N-methyl/N-ethyl adjacent to an activating group) is 1. The van der Waals surface area contributed by atoms with Crippen molar-refractivity contribution in [1.82, 2.24) is 4.90 Å². The predicted octanol–water partition coefficient (Wildman–Crippen LogP) is 2.65. The highest BCUT2D eigenvalue weighted by molar-refractivity contribution is 5.32. The van der Waals surface area contributed by atoms with Crippen molar-refractivity contribution in [2.75, 3.05) is 26.2 Å². The summed E-state index contributed by atoms with van der Waals surface area (Å²) in [6.07, 6.45) is 2.50. The minimum Gasteiger partial charge on any atom is -0.492 e. The third-order valence-corrected chi connectivity index (χ3v) is 3.13. The Morgan fingerprint density at radius 1 is 1.17 bits per heavy atom. The van der Waals surface area contributed by atoms with Gasteiger partial charge in [0.05, 0.1) is 0 Å². The normalized spacial score (nSPS) is 10.9. The van der Waals surface area contributed by atoms with Crippen LogP contribution in [-0.4, -0.2) is 31.1 Å². The van der Waals surface area contributed by atoms with Crippen LogP contribution in [0.2, 0.25) is 0 Å². The van der Waals surface area contributed by atoms with Crippen LogP contribution < -0.4 is 10.5 Å². The van der Waals surface area contributed by atoms with E-state index in [0.717, 1.165) is 37.6 Å². The first-order valence-corrected chi connectivity index (χ1v) is 6.94. The monoisotopic (exact) mass is 250 g/mol. The van der Waals surface area contributed by atoms with Crippen LogP contribution in [0.5, 0.6) is 5.75 Å². The molecule has 0 spiro atoms. The fourth-order valence-electron chi connectivity index (χ4n) is 1.91. The number of nitrogens with two attached hydrogens (primary N) is 1. The molecule has 18 heavy (non-hydrogen) atoms. The van der Waals surface area contributed by atoms with Gasteiger partial charge in [-0.1, -0.05) is 38.5 Å². The van der Waals surface area contributed by atoms with Gasteiger partial charge < -0.3 is 15.4 Å². The molecule has 3 heteroatoms. The summed E-state index contributed by atoms with van der Waals surface area (Å²) in [5.74, 6) is 0.923.